The van der Waals surface area contributed by atoms with E-state index in [4.69, 9.17) is 16.6 Å². The molecule has 3 heterocycles. The van der Waals surface area contributed by atoms with Crippen molar-refractivity contribution < 1.29 is 9.59 Å². The van der Waals surface area contributed by atoms with Gasteiger partial charge in [-0.2, -0.15) is 0 Å². The minimum Gasteiger partial charge on any atom is -0.322 e. The average molecular weight is 477 g/mol. The third-order valence-corrected chi connectivity index (χ3v) is 7.82. The predicted octanol–water partition coefficient (Wildman–Crippen LogP) is 5.08. The van der Waals surface area contributed by atoms with Crippen LogP contribution in [0.1, 0.15) is 34.7 Å². The molecule has 0 bridgehead atoms. The Morgan fingerprint density at radius 2 is 1.94 bits per heavy atom. The van der Waals surface area contributed by atoms with E-state index < -0.39 is 5.54 Å². The number of hydrogen-bond acceptors (Lipinski definition) is 4. The standard InChI is InChI=1S/C25H21ClN4O2S/c26-17-8-9-20-19(13-17)27-22(29(20)14-16-5-2-1-3-6-16)15-30-23(31)25(28-24(30)32)11-4-7-21-18(25)10-12-33-21/h1-3,5-6,8-10,12-13H,4,7,11,14-15H2,(H,28,32). The summed E-state index contributed by atoms with van der Waals surface area (Å²) in [6.07, 6.45) is 2.44. The number of nitrogens with zero attached hydrogens (tertiary/aromatic N) is 3. The van der Waals surface area contributed by atoms with Gasteiger partial charge >= 0.3 is 6.03 Å². The second kappa shape index (κ2) is 7.71. The molecule has 4 aromatic rings. The number of halogens is 1. The summed E-state index contributed by atoms with van der Waals surface area (Å²) in [4.78, 5) is 34.0. The molecule has 0 radical (unpaired) electrons. The summed E-state index contributed by atoms with van der Waals surface area (Å²) in [6, 6.07) is 17.3. The Kier molecular flexibility index (Phi) is 4.78. The molecule has 1 spiro atoms. The van der Waals surface area contributed by atoms with E-state index in [1.165, 1.54) is 9.78 Å². The second-order valence-electron chi connectivity index (χ2n) is 8.57. The topological polar surface area (TPSA) is 67.2 Å². The minimum absolute atomic E-state index is 0.102. The van der Waals surface area contributed by atoms with Gasteiger partial charge in [-0.05, 0) is 54.5 Å². The second-order valence-corrected chi connectivity index (χ2v) is 10.0. The fraction of sp³-hybridized carbons (Fsp3) is 0.240. The molecule has 1 aliphatic heterocycles. The normalized spacial score (nSPS) is 20.0. The molecular weight excluding hydrogens is 456 g/mol. The molecule has 2 aliphatic rings. The number of carbonyl (C=O) groups excluding carboxylic acids is 2. The Hall–Kier alpha value is -3.16. The highest BCUT2D eigenvalue weighted by Crippen LogP contribution is 2.42. The summed E-state index contributed by atoms with van der Waals surface area (Å²) < 4.78 is 2.06. The van der Waals surface area contributed by atoms with Gasteiger partial charge in [0.05, 0.1) is 17.6 Å². The van der Waals surface area contributed by atoms with Crippen LogP contribution in [0.25, 0.3) is 11.0 Å². The van der Waals surface area contributed by atoms with Gasteiger partial charge in [0, 0.05) is 22.0 Å². The molecular formula is C25H21ClN4O2S. The molecule has 1 N–H and O–H groups in total. The number of imidazole rings is 1. The first kappa shape index (κ1) is 20.4. The maximum atomic E-state index is 13.7. The number of rotatable bonds is 4. The zero-order chi connectivity index (χ0) is 22.6. The summed E-state index contributed by atoms with van der Waals surface area (Å²) in [5, 5.41) is 5.63. The molecule has 1 aliphatic carbocycles. The first-order valence-electron chi connectivity index (χ1n) is 10.9. The van der Waals surface area contributed by atoms with Gasteiger partial charge in [-0.1, -0.05) is 41.9 Å². The van der Waals surface area contributed by atoms with Gasteiger partial charge in [-0.15, -0.1) is 11.3 Å². The zero-order valence-electron chi connectivity index (χ0n) is 17.8. The number of carbonyl (C=O) groups is 2. The lowest BCUT2D eigenvalue weighted by Gasteiger charge is -2.31. The van der Waals surface area contributed by atoms with Gasteiger partial charge in [0.2, 0.25) is 0 Å². The highest BCUT2D eigenvalue weighted by molar-refractivity contribution is 7.10. The van der Waals surface area contributed by atoms with E-state index in [0.717, 1.165) is 35.0 Å². The SMILES string of the molecule is O=C1NC2(CCCc3sccc32)C(=O)N1Cc1nc2cc(Cl)ccc2n1Cc1ccccc1. The molecule has 2 aromatic heterocycles. The Balaban J connectivity index is 1.39. The van der Waals surface area contributed by atoms with E-state index >= 15 is 0 Å². The van der Waals surface area contributed by atoms with Gasteiger partial charge in [0.15, 0.2) is 0 Å². The van der Waals surface area contributed by atoms with Crippen molar-refractivity contribution in [3.63, 3.8) is 0 Å². The van der Waals surface area contributed by atoms with Crippen LogP contribution in [0.4, 0.5) is 4.79 Å². The lowest BCUT2D eigenvalue weighted by atomic mass is 9.80. The Morgan fingerprint density at radius 3 is 2.79 bits per heavy atom. The fourth-order valence-electron chi connectivity index (χ4n) is 5.04. The number of imide groups is 1. The smallest absolute Gasteiger partial charge is 0.322 e. The van der Waals surface area contributed by atoms with Crippen LogP contribution in [0.3, 0.4) is 0 Å². The molecule has 33 heavy (non-hydrogen) atoms. The van der Waals surface area contributed by atoms with Gasteiger partial charge in [0.1, 0.15) is 11.4 Å². The minimum atomic E-state index is -0.954. The number of aryl methyl sites for hydroxylation is 1. The van der Waals surface area contributed by atoms with E-state index in [2.05, 4.69) is 9.88 Å². The molecule has 0 saturated carbocycles. The van der Waals surface area contributed by atoms with Crippen molar-refractivity contribution in [2.45, 2.75) is 37.9 Å². The third-order valence-electron chi connectivity index (χ3n) is 6.61. The quantitative estimate of drug-likeness (QED) is 0.417. The van der Waals surface area contributed by atoms with Crippen molar-refractivity contribution in [1.29, 1.82) is 0 Å². The van der Waals surface area contributed by atoms with Crippen LogP contribution >= 0.6 is 22.9 Å². The maximum absolute atomic E-state index is 13.7. The molecule has 1 unspecified atom stereocenters. The highest BCUT2D eigenvalue weighted by atomic mass is 35.5. The largest absolute Gasteiger partial charge is 0.325 e. The third kappa shape index (κ3) is 3.26. The number of nitrogens with one attached hydrogen (secondary N) is 1. The van der Waals surface area contributed by atoms with Gasteiger partial charge in [0.25, 0.3) is 5.91 Å². The fourth-order valence-corrected chi connectivity index (χ4v) is 6.21. The number of urea groups is 1. The van der Waals surface area contributed by atoms with E-state index in [0.29, 0.717) is 23.8 Å². The number of fused-ring (bicyclic) bond motifs is 3. The van der Waals surface area contributed by atoms with Crippen molar-refractivity contribution in [2.75, 3.05) is 0 Å². The van der Waals surface area contributed by atoms with Crippen LogP contribution in [0.5, 0.6) is 0 Å². The zero-order valence-corrected chi connectivity index (χ0v) is 19.3. The Labute approximate surface area is 199 Å². The summed E-state index contributed by atoms with van der Waals surface area (Å²) in [5.74, 6) is 0.459. The molecule has 6 rings (SSSR count). The number of amides is 3. The molecule has 6 nitrogen and oxygen atoms in total. The van der Waals surface area contributed by atoms with Crippen LogP contribution < -0.4 is 5.32 Å². The Bertz CT molecular complexity index is 1400. The van der Waals surface area contributed by atoms with Crippen molar-refractivity contribution in [3.8, 4) is 0 Å². The van der Waals surface area contributed by atoms with E-state index in [1.54, 1.807) is 11.3 Å². The first-order chi connectivity index (χ1) is 16.0. The highest BCUT2D eigenvalue weighted by Gasteiger charge is 2.54. The van der Waals surface area contributed by atoms with Gasteiger partial charge < -0.3 is 9.88 Å². The number of benzene rings is 2. The lowest BCUT2D eigenvalue weighted by molar-refractivity contribution is -0.132. The molecule has 1 fully saturated rings. The van der Waals surface area contributed by atoms with Crippen molar-refractivity contribution in [1.82, 2.24) is 19.8 Å². The van der Waals surface area contributed by atoms with Crippen LogP contribution in [0, 0.1) is 0 Å². The predicted molar refractivity (Wildman–Crippen MR) is 128 cm³/mol. The molecule has 1 atom stereocenters. The van der Waals surface area contributed by atoms with E-state index in [1.807, 2.05) is 60.0 Å². The average Bonchev–Trinajstić information content (AvgIpc) is 3.48. The molecule has 3 amide bonds. The summed E-state index contributed by atoms with van der Waals surface area (Å²) in [7, 11) is 0. The molecule has 8 heteroatoms. The monoisotopic (exact) mass is 476 g/mol. The first-order valence-corrected chi connectivity index (χ1v) is 12.2. The summed E-state index contributed by atoms with van der Waals surface area (Å²) in [6.45, 7) is 0.683. The van der Waals surface area contributed by atoms with Crippen LogP contribution in [0.2, 0.25) is 5.02 Å². The van der Waals surface area contributed by atoms with Crippen LogP contribution in [-0.2, 0) is 29.8 Å². The number of aromatic nitrogens is 2. The van der Waals surface area contributed by atoms with Gasteiger partial charge in [-0.3, -0.25) is 9.69 Å². The van der Waals surface area contributed by atoms with Crippen LogP contribution in [-0.4, -0.2) is 26.4 Å². The Morgan fingerprint density at radius 1 is 1.09 bits per heavy atom. The van der Waals surface area contributed by atoms with E-state index in [9.17, 15) is 9.59 Å². The number of hydrogen-bond donors (Lipinski definition) is 1. The molecule has 166 valence electrons. The molecule has 2 aromatic carbocycles. The van der Waals surface area contributed by atoms with Crippen molar-refractivity contribution >= 4 is 45.9 Å². The van der Waals surface area contributed by atoms with Crippen molar-refractivity contribution in [3.05, 3.63) is 86.8 Å². The van der Waals surface area contributed by atoms with Gasteiger partial charge in [-0.25, -0.2) is 9.78 Å². The lowest BCUT2D eigenvalue weighted by Crippen LogP contribution is -2.46. The van der Waals surface area contributed by atoms with E-state index in [-0.39, 0.29) is 18.5 Å². The van der Waals surface area contributed by atoms with Crippen LogP contribution in [0.15, 0.2) is 60.0 Å². The summed E-state index contributed by atoms with van der Waals surface area (Å²) >= 11 is 7.87. The maximum Gasteiger partial charge on any atom is 0.325 e. The number of thiophene rings is 1. The summed E-state index contributed by atoms with van der Waals surface area (Å²) in [5.41, 5.74) is 2.76. The molecule has 1 saturated heterocycles. The van der Waals surface area contributed by atoms with Crippen molar-refractivity contribution in [2.24, 2.45) is 0 Å².